The van der Waals surface area contributed by atoms with Gasteiger partial charge in [-0.25, -0.2) is 0 Å². The summed E-state index contributed by atoms with van der Waals surface area (Å²) in [5.74, 6) is -1.56. The summed E-state index contributed by atoms with van der Waals surface area (Å²) in [6, 6.07) is 4.85. The first kappa shape index (κ1) is 16.3. The summed E-state index contributed by atoms with van der Waals surface area (Å²) in [5.41, 5.74) is -1.15. The van der Waals surface area contributed by atoms with Crippen LogP contribution in [0.1, 0.15) is 19.4 Å². The zero-order valence-corrected chi connectivity index (χ0v) is 12.4. The van der Waals surface area contributed by atoms with Gasteiger partial charge in [-0.1, -0.05) is 11.6 Å². The van der Waals surface area contributed by atoms with E-state index in [0.29, 0.717) is 16.3 Å². The molecule has 1 aromatic rings. The highest BCUT2D eigenvalue weighted by atomic mass is 35.5. The van der Waals surface area contributed by atoms with Crippen molar-refractivity contribution in [2.45, 2.75) is 20.3 Å². The fourth-order valence-corrected chi connectivity index (χ4v) is 1.99. The van der Waals surface area contributed by atoms with E-state index in [4.69, 9.17) is 21.1 Å². The second-order valence-corrected chi connectivity index (χ2v) is 4.93. The molecule has 6 heteroatoms. The molecule has 0 bridgehead atoms. The minimum atomic E-state index is -1.69. The van der Waals surface area contributed by atoms with Gasteiger partial charge in [0.1, 0.15) is 5.75 Å². The lowest BCUT2D eigenvalue weighted by molar-refractivity contribution is -0.167. The van der Waals surface area contributed by atoms with Crippen LogP contribution in [0, 0.1) is 5.41 Å². The maximum Gasteiger partial charge on any atom is 0.323 e. The molecule has 0 heterocycles. The molecule has 110 valence electrons. The van der Waals surface area contributed by atoms with E-state index in [1.54, 1.807) is 25.1 Å². The Morgan fingerprint density at radius 2 is 2.05 bits per heavy atom. The van der Waals surface area contributed by atoms with Gasteiger partial charge in [-0.05, 0) is 37.6 Å². The van der Waals surface area contributed by atoms with Crippen LogP contribution in [0.4, 0.5) is 0 Å². The summed E-state index contributed by atoms with van der Waals surface area (Å²) in [5, 5.41) is 9.79. The van der Waals surface area contributed by atoms with Crippen molar-refractivity contribution in [2.75, 3.05) is 13.7 Å². The fourth-order valence-electron chi connectivity index (χ4n) is 1.79. The molecule has 0 fully saturated rings. The predicted octanol–water partition coefficient (Wildman–Crippen LogP) is 2.55. The second-order valence-electron chi connectivity index (χ2n) is 4.49. The Kier molecular flexibility index (Phi) is 5.39. The average Bonchev–Trinajstić information content (AvgIpc) is 2.38. The van der Waals surface area contributed by atoms with Crippen LogP contribution in [0.15, 0.2) is 18.2 Å². The number of carboxylic acid groups (broad SMARTS) is 1. The van der Waals surface area contributed by atoms with Crippen LogP contribution in [0.25, 0.3) is 0 Å². The average molecular weight is 301 g/mol. The molecule has 1 rings (SSSR count). The third-order valence-electron chi connectivity index (χ3n) is 2.98. The Morgan fingerprint density at radius 3 is 2.55 bits per heavy atom. The number of hydrogen-bond donors (Lipinski definition) is 1. The van der Waals surface area contributed by atoms with Gasteiger partial charge in [0.15, 0.2) is 5.41 Å². The van der Waals surface area contributed by atoms with Crippen LogP contribution in [0.3, 0.4) is 0 Å². The number of esters is 1. The third-order valence-corrected chi connectivity index (χ3v) is 3.22. The van der Waals surface area contributed by atoms with Gasteiger partial charge in [0.05, 0.1) is 13.7 Å². The minimum Gasteiger partial charge on any atom is -0.496 e. The van der Waals surface area contributed by atoms with Crippen LogP contribution in [0.5, 0.6) is 5.75 Å². The SMILES string of the molecule is CCOC(=O)C(C)(Cc1cc(Cl)ccc1OC)C(=O)O. The van der Waals surface area contributed by atoms with E-state index >= 15 is 0 Å². The van der Waals surface area contributed by atoms with Gasteiger partial charge in [0.2, 0.25) is 0 Å². The molecular weight excluding hydrogens is 284 g/mol. The number of methoxy groups -OCH3 is 1. The van der Waals surface area contributed by atoms with Crippen molar-refractivity contribution < 1.29 is 24.2 Å². The van der Waals surface area contributed by atoms with Crippen molar-refractivity contribution in [1.29, 1.82) is 0 Å². The molecule has 0 amide bonds. The van der Waals surface area contributed by atoms with Gasteiger partial charge < -0.3 is 14.6 Å². The van der Waals surface area contributed by atoms with Crippen molar-refractivity contribution in [3.63, 3.8) is 0 Å². The molecule has 1 aromatic carbocycles. The van der Waals surface area contributed by atoms with E-state index in [-0.39, 0.29) is 13.0 Å². The highest BCUT2D eigenvalue weighted by Gasteiger charge is 2.43. The molecule has 1 atom stereocenters. The van der Waals surface area contributed by atoms with E-state index in [0.717, 1.165) is 0 Å². The molecule has 0 saturated carbocycles. The molecule has 0 saturated heterocycles. The first-order valence-electron chi connectivity index (χ1n) is 6.08. The number of ether oxygens (including phenoxy) is 2. The monoisotopic (exact) mass is 300 g/mol. The lowest BCUT2D eigenvalue weighted by Gasteiger charge is -2.23. The molecule has 20 heavy (non-hydrogen) atoms. The maximum atomic E-state index is 11.9. The van der Waals surface area contributed by atoms with Crippen LogP contribution in [-0.4, -0.2) is 30.8 Å². The first-order chi connectivity index (χ1) is 9.35. The molecule has 0 spiro atoms. The van der Waals surface area contributed by atoms with Gasteiger partial charge >= 0.3 is 11.9 Å². The highest BCUT2D eigenvalue weighted by molar-refractivity contribution is 6.30. The zero-order chi connectivity index (χ0) is 15.3. The number of rotatable bonds is 6. The number of hydrogen-bond acceptors (Lipinski definition) is 4. The molecule has 0 aliphatic carbocycles. The summed E-state index contributed by atoms with van der Waals surface area (Å²) < 4.78 is 10.0. The lowest BCUT2D eigenvalue weighted by atomic mass is 9.83. The van der Waals surface area contributed by atoms with Crippen molar-refractivity contribution in [1.82, 2.24) is 0 Å². The quantitative estimate of drug-likeness (QED) is 0.645. The van der Waals surface area contributed by atoms with Gasteiger partial charge in [-0.15, -0.1) is 0 Å². The molecule has 0 aliphatic rings. The standard InChI is InChI=1S/C14H17ClO5/c1-4-20-13(18)14(2,12(16)17)8-9-7-10(15)5-6-11(9)19-3/h5-7H,4,8H2,1-3H3,(H,16,17). The molecule has 0 radical (unpaired) electrons. The Bertz CT molecular complexity index is 514. The number of carbonyl (C=O) groups is 2. The van der Waals surface area contributed by atoms with E-state index in [9.17, 15) is 14.7 Å². The van der Waals surface area contributed by atoms with E-state index in [1.807, 2.05) is 0 Å². The smallest absolute Gasteiger partial charge is 0.323 e. The number of benzene rings is 1. The summed E-state index contributed by atoms with van der Waals surface area (Å²) >= 11 is 5.90. The van der Waals surface area contributed by atoms with Gasteiger partial charge in [0, 0.05) is 11.4 Å². The van der Waals surface area contributed by atoms with Crippen molar-refractivity contribution in [2.24, 2.45) is 5.41 Å². The first-order valence-corrected chi connectivity index (χ1v) is 6.46. The predicted molar refractivity (Wildman–Crippen MR) is 74.1 cm³/mol. The molecule has 5 nitrogen and oxygen atoms in total. The summed E-state index contributed by atoms with van der Waals surface area (Å²) in [4.78, 5) is 23.4. The Balaban J connectivity index is 3.17. The van der Waals surface area contributed by atoms with Gasteiger partial charge in [-0.2, -0.15) is 0 Å². The number of carboxylic acids is 1. The van der Waals surface area contributed by atoms with E-state index in [2.05, 4.69) is 0 Å². The highest BCUT2D eigenvalue weighted by Crippen LogP contribution is 2.31. The third kappa shape index (κ3) is 3.42. The number of aliphatic carboxylic acids is 1. The summed E-state index contributed by atoms with van der Waals surface area (Å²) in [7, 11) is 1.47. The molecular formula is C14H17ClO5. The fraction of sp³-hybridized carbons (Fsp3) is 0.429. The van der Waals surface area contributed by atoms with Crippen LogP contribution >= 0.6 is 11.6 Å². The molecule has 0 aliphatic heterocycles. The summed E-state index contributed by atoms with van der Waals surface area (Å²) in [6.45, 7) is 3.07. The normalized spacial score (nSPS) is 13.4. The Morgan fingerprint density at radius 1 is 1.40 bits per heavy atom. The Hall–Kier alpha value is -1.75. The molecule has 0 aromatic heterocycles. The Labute approximate surface area is 122 Å². The van der Waals surface area contributed by atoms with Crippen LogP contribution < -0.4 is 4.74 Å². The molecule has 1 N–H and O–H groups in total. The van der Waals surface area contributed by atoms with Gasteiger partial charge in [0.25, 0.3) is 0 Å². The van der Waals surface area contributed by atoms with E-state index in [1.165, 1.54) is 14.0 Å². The van der Waals surface area contributed by atoms with Crippen molar-refractivity contribution in [3.05, 3.63) is 28.8 Å². The number of carbonyl (C=O) groups excluding carboxylic acids is 1. The van der Waals surface area contributed by atoms with Crippen LogP contribution in [0.2, 0.25) is 5.02 Å². The van der Waals surface area contributed by atoms with Crippen molar-refractivity contribution in [3.8, 4) is 5.75 Å². The van der Waals surface area contributed by atoms with Crippen molar-refractivity contribution >= 4 is 23.5 Å². The minimum absolute atomic E-state index is 0.0646. The second kappa shape index (κ2) is 6.61. The topological polar surface area (TPSA) is 72.8 Å². The van der Waals surface area contributed by atoms with Crippen LogP contribution in [-0.2, 0) is 20.7 Å². The molecule has 1 unspecified atom stereocenters. The lowest BCUT2D eigenvalue weighted by Crippen LogP contribution is -2.40. The van der Waals surface area contributed by atoms with E-state index < -0.39 is 17.4 Å². The largest absolute Gasteiger partial charge is 0.496 e. The maximum absolute atomic E-state index is 11.9. The zero-order valence-electron chi connectivity index (χ0n) is 11.6. The van der Waals surface area contributed by atoms with Gasteiger partial charge in [-0.3, -0.25) is 9.59 Å². The summed E-state index contributed by atoms with van der Waals surface area (Å²) in [6.07, 6.45) is -0.0646. The number of halogens is 1.